The number of piperidine rings is 1. The first-order valence-corrected chi connectivity index (χ1v) is 15.3. The molecule has 1 saturated heterocycles. The molecule has 1 unspecified atom stereocenters. The van der Waals surface area contributed by atoms with E-state index in [0.717, 1.165) is 37.3 Å². The molecule has 0 bridgehead atoms. The lowest BCUT2D eigenvalue weighted by molar-refractivity contribution is 0.459. The monoisotopic (exact) mass is 576 g/mol. The van der Waals surface area contributed by atoms with Crippen molar-refractivity contribution in [3.8, 4) is 22.9 Å². The second-order valence-corrected chi connectivity index (χ2v) is 13.3. The number of fused-ring (bicyclic) bond motifs is 1. The number of anilines is 2. The number of aromatic nitrogens is 3. The highest BCUT2D eigenvalue weighted by Gasteiger charge is 2.54. The first-order chi connectivity index (χ1) is 19.6. The standard InChI is InChI=1S/C30H33FN6O3S/c1-18-25(31)27(37-41(38,39)23-16-30(23,2)3)21-8-4-5-9-22(21)28(18)40-29-26(34-13-14-35-29)19-10-12-33-24(15-19)36-20-7-6-11-32-17-20/h4-5,8-10,12-15,20,23,32,37H,6-7,11,16-17H2,1-3H3,(H,33,36)/t20-,23?/m0/s1. The molecule has 3 N–H and O–H groups in total. The maximum absolute atomic E-state index is 15.9. The molecule has 41 heavy (non-hydrogen) atoms. The molecule has 2 aromatic carbocycles. The van der Waals surface area contributed by atoms with Gasteiger partial charge in [-0.15, -0.1) is 0 Å². The Labute approximate surface area is 239 Å². The largest absolute Gasteiger partial charge is 0.436 e. The third-order valence-corrected chi connectivity index (χ3v) is 9.96. The highest BCUT2D eigenvalue weighted by molar-refractivity contribution is 7.93. The van der Waals surface area contributed by atoms with Crippen LogP contribution >= 0.6 is 0 Å². The molecule has 0 spiro atoms. The van der Waals surface area contributed by atoms with Gasteiger partial charge < -0.3 is 15.4 Å². The molecule has 3 heterocycles. The Morgan fingerprint density at radius 2 is 1.83 bits per heavy atom. The van der Waals surface area contributed by atoms with Gasteiger partial charge in [0.15, 0.2) is 5.82 Å². The van der Waals surface area contributed by atoms with Crippen molar-refractivity contribution in [2.24, 2.45) is 5.41 Å². The highest BCUT2D eigenvalue weighted by atomic mass is 32.2. The topological polar surface area (TPSA) is 118 Å². The summed E-state index contributed by atoms with van der Waals surface area (Å²) in [7, 11) is -3.78. The van der Waals surface area contributed by atoms with Crippen LogP contribution in [0.15, 0.2) is 55.0 Å². The number of sulfonamides is 1. The SMILES string of the molecule is Cc1c(F)c(NS(=O)(=O)C2CC2(C)C)c2ccccc2c1Oc1nccnc1-c1ccnc(N[C@H]2CCCNC2)c1. The molecule has 9 nitrogen and oxygen atoms in total. The molecule has 4 aromatic rings. The summed E-state index contributed by atoms with van der Waals surface area (Å²) < 4.78 is 51.0. The quantitative estimate of drug-likeness (QED) is 0.247. The number of hydrogen-bond acceptors (Lipinski definition) is 8. The molecule has 2 fully saturated rings. The Kier molecular flexibility index (Phi) is 7.03. The van der Waals surface area contributed by atoms with Gasteiger partial charge in [0.25, 0.3) is 0 Å². The second-order valence-electron chi connectivity index (χ2n) is 11.4. The maximum atomic E-state index is 15.9. The van der Waals surface area contributed by atoms with Crippen molar-refractivity contribution in [2.45, 2.75) is 51.3 Å². The van der Waals surface area contributed by atoms with Crippen molar-refractivity contribution < 1.29 is 17.5 Å². The molecule has 2 atom stereocenters. The van der Waals surface area contributed by atoms with E-state index in [9.17, 15) is 8.42 Å². The van der Waals surface area contributed by atoms with Gasteiger partial charge in [-0.2, -0.15) is 0 Å². The van der Waals surface area contributed by atoms with Crippen molar-refractivity contribution in [1.82, 2.24) is 20.3 Å². The van der Waals surface area contributed by atoms with Crippen LogP contribution in [0.4, 0.5) is 15.9 Å². The molecule has 1 aliphatic carbocycles. The molecule has 6 rings (SSSR count). The molecular formula is C30H33FN6O3S. The van der Waals surface area contributed by atoms with E-state index in [0.29, 0.717) is 22.9 Å². The van der Waals surface area contributed by atoms with Gasteiger partial charge >= 0.3 is 0 Å². The highest BCUT2D eigenvalue weighted by Crippen LogP contribution is 2.51. The summed E-state index contributed by atoms with van der Waals surface area (Å²) in [6, 6.07) is 11.0. The minimum absolute atomic E-state index is 0.0745. The van der Waals surface area contributed by atoms with E-state index in [1.807, 2.05) is 26.0 Å². The molecule has 0 radical (unpaired) electrons. The smallest absolute Gasteiger partial charge is 0.246 e. The summed E-state index contributed by atoms with van der Waals surface area (Å²) >= 11 is 0. The van der Waals surface area contributed by atoms with Crippen molar-refractivity contribution >= 4 is 32.3 Å². The minimum Gasteiger partial charge on any atom is -0.436 e. The van der Waals surface area contributed by atoms with Gasteiger partial charge in [0, 0.05) is 53.1 Å². The van der Waals surface area contributed by atoms with Crippen LogP contribution in [0.25, 0.3) is 22.0 Å². The van der Waals surface area contributed by atoms with E-state index in [4.69, 9.17) is 4.74 Å². The number of benzene rings is 2. The van der Waals surface area contributed by atoms with E-state index < -0.39 is 21.1 Å². The normalized spacial score (nSPS) is 20.0. The number of pyridine rings is 1. The third-order valence-electron chi connectivity index (χ3n) is 7.92. The van der Waals surface area contributed by atoms with E-state index in [1.54, 1.807) is 43.6 Å². The number of nitrogens with zero attached hydrogens (tertiary/aromatic N) is 3. The number of rotatable bonds is 8. The van der Waals surface area contributed by atoms with E-state index in [2.05, 4.69) is 30.3 Å². The molecule has 11 heteroatoms. The first-order valence-electron chi connectivity index (χ1n) is 13.8. The van der Waals surface area contributed by atoms with Crippen molar-refractivity contribution in [2.75, 3.05) is 23.1 Å². The second kappa shape index (κ2) is 10.5. The number of ether oxygens (including phenoxy) is 1. The van der Waals surface area contributed by atoms with Gasteiger partial charge in [-0.05, 0) is 50.3 Å². The van der Waals surface area contributed by atoms with Crippen molar-refractivity contribution in [1.29, 1.82) is 0 Å². The van der Waals surface area contributed by atoms with Gasteiger partial charge in [0.2, 0.25) is 15.9 Å². The average Bonchev–Trinajstić information content (AvgIpc) is 3.63. The Bertz CT molecular complexity index is 1720. The lowest BCUT2D eigenvalue weighted by Gasteiger charge is -2.24. The van der Waals surface area contributed by atoms with Gasteiger partial charge in [-0.25, -0.2) is 27.8 Å². The van der Waals surface area contributed by atoms with Gasteiger partial charge in [-0.1, -0.05) is 38.1 Å². The zero-order valence-electron chi connectivity index (χ0n) is 23.2. The van der Waals surface area contributed by atoms with Crippen LogP contribution in [0.3, 0.4) is 0 Å². The minimum atomic E-state index is -3.78. The Morgan fingerprint density at radius 3 is 2.56 bits per heavy atom. The summed E-state index contributed by atoms with van der Waals surface area (Å²) in [6.07, 6.45) is 7.48. The maximum Gasteiger partial charge on any atom is 0.246 e. The predicted molar refractivity (Wildman–Crippen MR) is 158 cm³/mol. The van der Waals surface area contributed by atoms with Crippen LogP contribution in [-0.2, 0) is 10.0 Å². The Morgan fingerprint density at radius 1 is 1.07 bits per heavy atom. The fourth-order valence-electron chi connectivity index (χ4n) is 5.44. The Balaban J connectivity index is 1.36. The number of hydrogen-bond donors (Lipinski definition) is 3. The zero-order chi connectivity index (χ0) is 28.8. The van der Waals surface area contributed by atoms with Crippen LogP contribution in [-0.4, -0.2) is 47.8 Å². The van der Waals surface area contributed by atoms with Gasteiger partial charge in [0.05, 0.1) is 10.9 Å². The lowest BCUT2D eigenvalue weighted by Crippen LogP contribution is -2.38. The fraction of sp³-hybridized carbons (Fsp3) is 0.367. The molecule has 214 valence electrons. The van der Waals surface area contributed by atoms with Gasteiger partial charge in [-0.3, -0.25) is 4.72 Å². The van der Waals surface area contributed by atoms with Crippen LogP contribution < -0.4 is 20.1 Å². The van der Waals surface area contributed by atoms with Crippen LogP contribution in [0.5, 0.6) is 11.6 Å². The van der Waals surface area contributed by atoms with Crippen molar-refractivity contribution in [3.63, 3.8) is 0 Å². The molecular weight excluding hydrogens is 543 g/mol. The van der Waals surface area contributed by atoms with E-state index in [1.165, 1.54) is 6.20 Å². The number of nitrogens with one attached hydrogen (secondary N) is 3. The average molecular weight is 577 g/mol. The fourth-order valence-corrected chi connectivity index (χ4v) is 7.55. The van der Waals surface area contributed by atoms with Crippen molar-refractivity contribution in [3.05, 3.63) is 66.4 Å². The summed E-state index contributed by atoms with van der Waals surface area (Å²) in [6.45, 7) is 7.24. The van der Waals surface area contributed by atoms with Crippen LogP contribution in [0.1, 0.15) is 38.7 Å². The van der Waals surface area contributed by atoms with E-state index in [-0.39, 0.29) is 34.3 Å². The third kappa shape index (κ3) is 5.43. The number of halogens is 1. The Hall–Kier alpha value is -3.83. The summed E-state index contributed by atoms with van der Waals surface area (Å²) in [5.74, 6) is 0.471. The lowest BCUT2D eigenvalue weighted by atomic mass is 10.0. The molecule has 1 aliphatic heterocycles. The molecule has 1 saturated carbocycles. The van der Waals surface area contributed by atoms with Gasteiger partial charge in [0.1, 0.15) is 17.3 Å². The molecule has 0 amide bonds. The first kappa shape index (κ1) is 27.3. The van der Waals surface area contributed by atoms with Crippen LogP contribution in [0.2, 0.25) is 0 Å². The molecule has 2 aromatic heterocycles. The summed E-state index contributed by atoms with van der Waals surface area (Å²) in [4.78, 5) is 13.4. The zero-order valence-corrected chi connectivity index (χ0v) is 24.1. The summed E-state index contributed by atoms with van der Waals surface area (Å²) in [5.41, 5.74) is 0.968. The molecule has 2 aliphatic rings. The predicted octanol–water partition coefficient (Wildman–Crippen LogP) is 5.64. The summed E-state index contributed by atoms with van der Waals surface area (Å²) in [5, 5.41) is 7.25. The van der Waals surface area contributed by atoms with Crippen LogP contribution in [0, 0.1) is 18.2 Å². The van der Waals surface area contributed by atoms with E-state index >= 15 is 4.39 Å².